The summed E-state index contributed by atoms with van der Waals surface area (Å²) in [6.45, 7) is 63.3. The maximum Gasteiger partial charge on any atom is 0.232 e. The molecule has 9 heterocycles. The van der Waals surface area contributed by atoms with Crippen molar-refractivity contribution in [3.8, 4) is 0 Å². The van der Waals surface area contributed by atoms with Crippen LogP contribution in [0.5, 0.6) is 0 Å². The summed E-state index contributed by atoms with van der Waals surface area (Å²) >= 11 is 0. The summed E-state index contributed by atoms with van der Waals surface area (Å²) in [5.74, 6) is 9.26. The average molecular weight is 1600 g/mol. The predicted molar refractivity (Wildman–Crippen MR) is 487 cm³/mol. The molecule has 656 valence electrons. The number of hydrogen-bond acceptors (Lipinski definition) is 24. The van der Waals surface area contributed by atoms with Gasteiger partial charge in [-0.1, -0.05) is 77.0 Å². The van der Waals surface area contributed by atoms with Gasteiger partial charge in [-0.15, -0.1) is 0 Å². The molecule has 0 amide bonds. The predicted octanol–water partition coefficient (Wildman–Crippen LogP) is 18.1. The third-order valence-electron chi connectivity index (χ3n) is 25.1. The first-order valence-electron chi connectivity index (χ1n) is 46.3. The molecule has 3 aromatic heterocycles. The summed E-state index contributed by atoms with van der Waals surface area (Å²) in [7, 11) is 0. The highest BCUT2D eigenvalue weighted by Gasteiger charge is 2.43. The number of aromatic nitrogens is 9. The van der Waals surface area contributed by atoms with E-state index in [1.165, 1.54) is 116 Å². The van der Waals surface area contributed by atoms with Crippen molar-refractivity contribution >= 4 is 53.5 Å². The van der Waals surface area contributed by atoms with E-state index in [0.717, 1.165) is 116 Å². The smallest absolute Gasteiger partial charge is 0.232 e. The van der Waals surface area contributed by atoms with Crippen molar-refractivity contribution < 1.29 is 0 Å². The van der Waals surface area contributed by atoms with Crippen LogP contribution in [0.3, 0.4) is 0 Å². The lowest BCUT2D eigenvalue weighted by Gasteiger charge is -2.46. The topological polar surface area (TPSA) is 288 Å². The Labute approximate surface area is 700 Å². The summed E-state index contributed by atoms with van der Waals surface area (Å²) < 4.78 is 0. The standard InChI is InChI=1S/C91H172N24/c1-80(2)53-65(54-81(3,4)109-80)37-25-31-43-92-71-100-72(93-44-32-26-38-66-55-82(5,6)110-83(7,8)56-66)103-75(102-71)98-49-51-115(79-107-77(96-47-35-29-41-69-61-88(17,18)113-89(19,20)62-69)106-78(108-79)97-48-36-30-42-70-63-90(21,22)114-91(23,24)64-70)52-50-99-76-104-73(94-45-33-27-39-67-57-84(9,10)111-85(11,12)58-67)101-74(105-76)95-46-34-28-40-68-59-86(13,14)112-87(15,16)60-68/h65-70,109-114H,25-64H2,1-24H3,(H2,96,97,106,107,108)(H3,92,93,98,100,102,103)(H3,94,95,99,101,104,105). The minimum absolute atomic E-state index is 0.125. The molecule has 6 aliphatic rings. The molecule has 6 saturated heterocycles. The number of nitrogens with one attached hydrogen (secondary N) is 14. The Morgan fingerprint density at radius 3 is 0.504 bits per heavy atom. The lowest BCUT2D eigenvalue weighted by Crippen LogP contribution is -2.57. The zero-order valence-corrected chi connectivity index (χ0v) is 77.7. The fourth-order valence-corrected chi connectivity index (χ4v) is 23.8. The zero-order chi connectivity index (χ0) is 83.8. The summed E-state index contributed by atoms with van der Waals surface area (Å²) in [5, 5.41) is 52.8. The summed E-state index contributed by atoms with van der Waals surface area (Å²) in [4.78, 5) is 48.4. The Bertz CT molecular complexity index is 2990. The van der Waals surface area contributed by atoms with Crippen LogP contribution in [0.2, 0.25) is 0 Å². The normalized spacial score (nSPS) is 22.9. The van der Waals surface area contributed by atoms with Gasteiger partial charge in [0.1, 0.15) is 0 Å². The summed E-state index contributed by atoms with van der Waals surface area (Å²) in [5.41, 5.74) is 1.60. The lowest BCUT2D eigenvalue weighted by atomic mass is 9.74. The van der Waals surface area contributed by atoms with E-state index in [1.807, 2.05) is 0 Å². The molecular formula is C91H172N24. The van der Waals surface area contributed by atoms with Gasteiger partial charge in [-0.05, 0) is 317 Å². The quantitative estimate of drug-likeness (QED) is 0.0234. The molecule has 3 aromatic rings. The Morgan fingerprint density at radius 1 is 0.209 bits per heavy atom. The van der Waals surface area contributed by atoms with E-state index in [2.05, 4.69) is 246 Å². The SMILES string of the molecule is CC1(C)CC(CCCCNc2nc(NCCCCC3CC(C)(C)NC(C)(C)C3)nc(NCCN(CCNc3nc(NCCCCC4CC(C)(C)NC(C)(C)C4)nc(NCCCCC4CC(C)(C)NC(C)(C)C4)n3)c3nc(NCCCCC4CC(C)(C)NC(C)(C)C4)nc(NCCCCC4CC(C)(C)NC(C)(C)C4)n3)n2)CC(C)(C)N1. The second-order valence-electron chi connectivity index (χ2n) is 45.3. The number of piperidine rings is 6. The second-order valence-corrected chi connectivity index (χ2v) is 45.3. The number of nitrogens with zero attached hydrogens (tertiary/aromatic N) is 10. The first kappa shape index (κ1) is 93.9. The van der Waals surface area contributed by atoms with Gasteiger partial charge in [0.2, 0.25) is 53.5 Å². The van der Waals surface area contributed by atoms with E-state index in [9.17, 15) is 0 Å². The van der Waals surface area contributed by atoms with Crippen molar-refractivity contribution in [1.29, 1.82) is 0 Å². The molecule has 0 aromatic carbocycles. The van der Waals surface area contributed by atoms with Crippen molar-refractivity contribution in [3.63, 3.8) is 0 Å². The van der Waals surface area contributed by atoms with Crippen LogP contribution in [0.25, 0.3) is 0 Å². The number of anilines is 9. The second kappa shape index (κ2) is 40.1. The van der Waals surface area contributed by atoms with Crippen LogP contribution in [0.15, 0.2) is 0 Å². The highest BCUT2D eigenvalue weighted by molar-refractivity contribution is 5.47. The van der Waals surface area contributed by atoms with Crippen LogP contribution in [0.1, 0.15) is 359 Å². The van der Waals surface area contributed by atoms with Crippen molar-refractivity contribution in [1.82, 2.24) is 76.8 Å². The third-order valence-corrected chi connectivity index (χ3v) is 25.1. The van der Waals surface area contributed by atoms with Crippen LogP contribution < -0.4 is 79.3 Å². The van der Waals surface area contributed by atoms with E-state index in [0.29, 0.717) is 115 Å². The van der Waals surface area contributed by atoms with E-state index < -0.39 is 0 Å². The largest absolute Gasteiger partial charge is 0.354 e. The Morgan fingerprint density at radius 2 is 0.348 bits per heavy atom. The minimum atomic E-state index is 0.125. The van der Waals surface area contributed by atoms with Crippen LogP contribution in [-0.4, -0.2) is 177 Å². The molecule has 6 aliphatic heterocycles. The van der Waals surface area contributed by atoms with Gasteiger partial charge in [-0.3, -0.25) is 0 Å². The summed E-state index contributed by atoms with van der Waals surface area (Å²) in [6, 6.07) is 0. The van der Waals surface area contributed by atoms with Crippen molar-refractivity contribution in [2.45, 2.75) is 425 Å². The maximum atomic E-state index is 5.32. The monoisotopic (exact) mass is 1600 g/mol. The van der Waals surface area contributed by atoms with Gasteiger partial charge in [-0.2, -0.15) is 44.9 Å². The molecule has 14 N–H and O–H groups in total. The first-order valence-corrected chi connectivity index (χ1v) is 46.3. The van der Waals surface area contributed by atoms with Gasteiger partial charge in [0.05, 0.1) is 0 Å². The fraction of sp³-hybridized carbons (Fsp3) is 0.901. The van der Waals surface area contributed by atoms with Gasteiger partial charge in [0, 0.05) is 132 Å². The Hall–Kier alpha value is -5.01. The molecule has 0 saturated carbocycles. The molecule has 24 nitrogen and oxygen atoms in total. The van der Waals surface area contributed by atoms with Crippen LogP contribution in [-0.2, 0) is 0 Å². The Kier molecular flexibility index (Phi) is 32.7. The minimum Gasteiger partial charge on any atom is -0.354 e. The van der Waals surface area contributed by atoms with E-state index in [4.69, 9.17) is 44.9 Å². The molecule has 6 fully saturated rings. The average Bonchev–Trinajstić information content (AvgIpc) is 0.826. The molecule has 0 atom stereocenters. The van der Waals surface area contributed by atoms with Crippen molar-refractivity contribution in [3.05, 3.63) is 0 Å². The molecule has 0 aliphatic carbocycles. The zero-order valence-electron chi connectivity index (χ0n) is 77.7. The number of hydrogen-bond donors (Lipinski definition) is 14. The molecule has 0 radical (unpaired) electrons. The highest BCUT2D eigenvalue weighted by Crippen LogP contribution is 2.42. The Balaban J connectivity index is 0.944. The first-order chi connectivity index (χ1) is 53.6. The van der Waals surface area contributed by atoms with Crippen LogP contribution >= 0.6 is 0 Å². The van der Waals surface area contributed by atoms with Gasteiger partial charge in [0.25, 0.3) is 0 Å². The number of unbranched alkanes of at least 4 members (excludes halogenated alkanes) is 6. The number of rotatable bonds is 45. The molecular weight excluding hydrogens is 1430 g/mol. The van der Waals surface area contributed by atoms with Crippen LogP contribution in [0.4, 0.5) is 53.5 Å². The molecule has 0 bridgehead atoms. The maximum absolute atomic E-state index is 5.32. The lowest BCUT2D eigenvalue weighted by molar-refractivity contribution is 0.121. The highest BCUT2D eigenvalue weighted by atomic mass is 15.4. The van der Waals surface area contributed by atoms with Gasteiger partial charge < -0.3 is 79.3 Å². The molecule has 24 heteroatoms. The van der Waals surface area contributed by atoms with Gasteiger partial charge in [-0.25, -0.2) is 0 Å². The molecule has 115 heavy (non-hydrogen) atoms. The van der Waals surface area contributed by atoms with Gasteiger partial charge >= 0.3 is 0 Å². The molecule has 0 spiro atoms. The van der Waals surface area contributed by atoms with E-state index in [1.54, 1.807) is 0 Å². The summed E-state index contributed by atoms with van der Waals surface area (Å²) in [6.07, 6.45) is 34.7. The van der Waals surface area contributed by atoms with Gasteiger partial charge in [0.15, 0.2) is 0 Å². The molecule has 9 rings (SSSR count). The third kappa shape index (κ3) is 34.2. The fourth-order valence-electron chi connectivity index (χ4n) is 23.8. The van der Waals surface area contributed by atoms with Crippen LogP contribution in [0, 0.1) is 35.5 Å². The van der Waals surface area contributed by atoms with E-state index in [-0.39, 0.29) is 66.5 Å². The van der Waals surface area contributed by atoms with Crippen molar-refractivity contribution in [2.75, 3.05) is 113 Å². The van der Waals surface area contributed by atoms with E-state index >= 15 is 0 Å². The van der Waals surface area contributed by atoms with Crippen molar-refractivity contribution in [2.24, 2.45) is 35.5 Å². The molecule has 0 unspecified atom stereocenters.